The summed E-state index contributed by atoms with van der Waals surface area (Å²) in [5.74, 6) is 0.388. The van der Waals surface area contributed by atoms with Crippen molar-refractivity contribution in [3.05, 3.63) is 12.2 Å². The molecule has 2 heteroatoms. The Kier molecular flexibility index (Phi) is 8.56. The van der Waals surface area contributed by atoms with E-state index in [-0.39, 0.29) is 11.5 Å². The van der Waals surface area contributed by atoms with Crippen molar-refractivity contribution in [2.24, 2.45) is 11.3 Å². The van der Waals surface area contributed by atoms with E-state index < -0.39 is 6.17 Å². The van der Waals surface area contributed by atoms with Crippen molar-refractivity contribution in [2.45, 2.75) is 79.5 Å². The topological polar surface area (TPSA) is 9.23 Å². The molecule has 0 radical (unpaired) electrons. The monoisotopic (exact) mass is 272 g/mol. The maximum absolute atomic E-state index is 14.0. The first-order valence-electron chi connectivity index (χ1n) is 7.69. The van der Waals surface area contributed by atoms with Crippen molar-refractivity contribution in [1.29, 1.82) is 0 Å². The van der Waals surface area contributed by atoms with Crippen LogP contribution in [0.3, 0.4) is 0 Å². The van der Waals surface area contributed by atoms with Crippen LogP contribution >= 0.6 is 0 Å². The van der Waals surface area contributed by atoms with Crippen molar-refractivity contribution in [2.75, 3.05) is 6.61 Å². The van der Waals surface area contributed by atoms with Gasteiger partial charge in [0.05, 0.1) is 12.7 Å². The first kappa shape index (κ1) is 18.6. The molecule has 0 heterocycles. The molecule has 0 aliphatic heterocycles. The third-order valence-electron chi connectivity index (χ3n) is 4.10. The van der Waals surface area contributed by atoms with E-state index in [4.69, 9.17) is 4.74 Å². The maximum atomic E-state index is 14.0. The Morgan fingerprint density at radius 2 is 1.79 bits per heavy atom. The van der Waals surface area contributed by atoms with E-state index in [2.05, 4.69) is 27.4 Å². The van der Waals surface area contributed by atoms with Gasteiger partial charge < -0.3 is 4.74 Å². The van der Waals surface area contributed by atoms with Crippen LogP contribution in [0.4, 0.5) is 4.39 Å². The second-order valence-electron chi connectivity index (χ2n) is 6.37. The lowest BCUT2D eigenvalue weighted by Gasteiger charge is -2.39. The quantitative estimate of drug-likeness (QED) is 0.474. The Morgan fingerprint density at radius 1 is 1.21 bits per heavy atom. The van der Waals surface area contributed by atoms with Crippen molar-refractivity contribution in [3.8, 4) is 0 Å². The van der Waals surface area contributed by atoms with Crippen LogP contribution in [0.15, 0.2) is 12.2 Å². The lowest BCUT2D eigenvalue weighted by atomic mass is 9.69. The predicted octanol–water partition coefficient (Wildman–Crippen LogP) is 5.55. The van der Waals surface area contributed by atoms with E-state index in [0.717, 1.165) is 12.8 Å². The van der Waals surface area contributed by atoms with E-state index in [1.54, 1.807) is 0 Å². The van der Waals surface area contributed by atoms with Crippen LogP contribution in [-0.2, 0) is 4.74 Å². The maximum Gasteiger partial charge on any atom is 0.100 e. The van der Waals surface area contributed by atoms with Crippen LogP contribution in [0.25, 0.3) is 0 Å². The molecule has 0 aromatic heterocycles. The molecular formula is C17H33FO. The number of hydrogen-bond donors (Lipinski definition) is 0. The number of ether oxygens (including phenoxy) is 1. The lowest BCUT2D eigenvalue weighted by Crippen LogP contribution is -2.37. The number of alkyl halides is 1. The van der Waals surface area contributed by atoms with Gasteiger partial charge in [0.25, 0.3) is 0 Å². The van der Waals surface area contributed by atoms with Gasteiger partial charge in [-0.2, -0.15) is 0 Å². The number of allylic oxidation sites excluding steroid dienone is 1. The van der Waals surface area contributed by atoms with Gasteiger partial charge in [0.2, 0.25) is 0 Å². The SMILES string of the molecule is C=C(CC)CC(COC(C)C)(CC(F)CC)C(C)C. The molecule has 0 spiro atoms. The zero-order valence-corrected chi connectivity index (χ0v) is 13.8. The predicted molar refractivity (Wildman–Crippen MR) is 82.2 cm³/mol. The molecule has 0 aromatic carbocycles. The highest BCUT2D eigenvalue weighted by Crippen LogP contribution is 2.41. The van der Waals surface area contributed by atoms with Gasteiger partial charge in [-0.05, 0) is 45.4 Å². The van der Waals surface area contributed by atoms with Crippen molar-refractivity contribution in [3.63, 3.8) is 0 Å². The van der Waals surface area contributed by atoms with Crippen molar-refractivity contribution < 1.29 is 9.13 Å². The summed E-state index contributed by atoms with van der Waals surface area (Å²) < 4.78 is 19.8. The average molecular weight is 272 g/mol. The molecule has 0 saturated carbocycles. The molecule has 0 aliphatic carbocycles. The van der Waals surface area contributed by atoms with Gasteiger partial charge in [-0.25, -0.2) is 4.39 Å². The normalized spacial score (nSPS) is 16.7. The number of halogens is 1. The molecule has 0 N–H and O–H groups in total. The molecule has 19 heavy (non-hydrogen) atoms. The van der Waals surface area contributed by atoms with E-state index in [0.29, 0.717) is 25.4 Å². The fourth-order valence-corrected chi connectivity index (χ4v) is 2.33. The molecule has 2 atom stereocenters. The molecule has 0 aliphatic rings. The highest BCUT2D eigenvalue weighted by Gasteiger charge is 2.37. The summed E-state index contributed by atoms with van der Waals surface area (Å²) in [6, 6.07) is 0. The summed E-state index contributed by atoms with van der Waals surface area (Å²) in [5, 5.41) is 0. The fourth-order valence-electron chi connectivity index (χ4n) is 2.33. The largest absolute Gasteiger partial charge is 0.378 e. The molecule has 114 valence electrons. The number of rotatable bonds is 10. The molecule has 1 nitrogen and oxygen atoms in total. The standard InChI is InChI=1S/C17H33FO/c1-8-15(7)10-17(13(3)4,11-16(18)9-2)12-19-14(5)6/h13-14,16H,7-12H2,1-6H3. The minimum Gasteiger partial charge on any atom is -0.378 e. The Labute approximate surface area is 119 Å². The molecule has 0 bridgehead atoms. The average Bonchev–Trinajstić information content (AvgIpc) is 2.35. The molecule has 0 amide bonds. The van der Waals surface area contributed by atoms with Crippen LogP contribution in [0.5, 0.6) is 0 Å². The first-order valence-corrected chi connectivity index (χ1v) is 7.69. The zero-order valence-electron chi connectivity index (χ0n) is 13.8. The molecule has 0 rings (SSSR count). The molecule has 0 aromatic rings. The van der Waals surface area contributed by atoms with E-state index in [1.165, 1.54) is 5.57 Å². The summed E-state index contributed by atoms with van der Waals surface area (Å²) in [6.07, 6.45) is 2.42. The van der Waals surface area contributed by atoms with Gasteiger partial charge in [0.15, 0.2) is 0 Å². The van der Waals surface area contributed by atoms with Gasteiger partial charge in [0.1, 0.15) is 6.17 Å². The van der Waals surface area contributed by atoms with E-state index in [9.17, 15) is 4.39 Å². The Bertz CT molecular complexity index is 260. The Hall–Kier alpha value is -0.370. The number of hydrogen-bond acceptors (Lipinski definition) is 1. The van der Waals surface area contributed by atoms with Crippen LogP contribution in [0, 0.1) is 11.3 Å². The van der Waals surface area contributed by atoms with Gasteiger partial charge in [-0.15, -0.1) is 0 Å². The third-order valence-corrected chi connectivity index (χ3v) is 4.10. The smallest absolute Gasteiger partial charge is 0.100 e. The molecule has 0 fully saturated rings. The van der Waals surface area contributed by atoms with Crippen LogP contribution in [-0.4, -0.2) is 18.9 Å². The minimum absolute atomic E-state index is 0.118. The van der Waals surface area contributed by atoms with Gasteiger partial charge >= 0.3 is 0 Å². The second-order valence-corrected chi connectivity index (χ2v) is 6.37. The second kappa shape index (κ2) is 8.73. The summed E-state index contributed by atoms with van der Waals surface area (Å²) in [7, 11) is 0. The van der Waals surface area contributed by atoms with Crippen LogP contribution in [0.1, 0.15) is 67.2 Å². The van der Waals surface area contributed by atoms with Gasteiger partial charge in [-0.3, -0.25) is 0 Å². The summed E-state index contributed by atoms with van der Waals surface area (Å²) in [6.45, 7) is 17.2. The minimum atomic E-state index is -0.747. The van der Waals surface area contributed by atoms with Crippen molar-refractivity contribution >= 4 is 0 Å². The Balaban J connectivity index is 5.03. The van der Waals surface area contributed by atoms with Crippen LogP contribution in [0.2, 0.25) is 0 Å². The van der Waals surface area contributed by atoms with E-state index in [1.807, 2.05) is 20.8 Å². The van der Waals surface area contributed by atoms with Gasteiger partial charge in [-0.1, -0.05) is 39.8 Å². The molecule has 0 saturated heterocycles. The zero-order chi connectivity index (χ0) is 15.1. The summed E-state index contributed by atoms with van der Waals surface area (Å²) >= 11 is 0. The molecule has 2 unspecified atom stereocenters. The lowest BCUT2D eigenvalue weighted by molar-refractivity contribution is -0.0319. The summed E-state index contributed by atoms with van der Waals surface area (Å²) in [5.41, 5.74) is 1.08. The van der Waals surface area contributed by atoms with E-state index >= 15 is 0 Å². The first-order chi connectivity index (χ1) is 8.77. The third kappa shape index (κ3) is 6.56. The molecular weight excluding hydrogens is 239 g/mol. The van der Waals surface area contributed by atoms with Crippen LogP contribution < -0.4 is 0 Å². The highest BCUT2D eigenvalue weighted by atomic mass is 19.1. The fraction of sp³-hybridized carbons (Fsp3) is 0.882. The van der Waals surface area contributed by atoms with Crippen molar-refractivity contribution in [1.82, 2.24) is 0 Å². The Morgan fingerprint density at radius 3 is 2.16 bits per heavy atom. The summed E-state index contributed by atoms with van der Waals surface area (Å²) in [4.78, 5) is 0. The van der Waals surface area contributed by atoms with Gasteiger partial charge in [0, 0.05) is 5.41 Å². The highest BCUT2D eigenvalue weighted by molar-refractivity contribution is 5.01.